The topological polar surface area (TPSA) is 56.4 Å². The van der Waals surface area contributed by atoms with E-state index in [0.717, 1.165) is 29.4 Å². The van der Waals surface area contributed by atoms with Crippen molar-refractivity contribution in [1.82, 2.24) is 14.8 Å². The molecule has 28 heavy (non-hydrogen) atoms. The second-order valence-corrected chi connectivity index (χ2v) is 7.82. The van der Waals surface area contributed by atoms with Crippen LogP contribution >= 0.6 is 0 Å². The van der Waals surface area contributed by atoms with Crippen LogP contribution in [-0.4, -0.2) is 46.2 Å². The Morgan fingerprint density at radius 3 is 2.61 bits per heavy atom. The average molecular weight is 373 g/mol. The highest BCUT2D eigenvalue weighted by molar-refractivity contribution is 5.97. The first-order chi connectivity index (χ1) is 13.6. The lowest BCUT2D eigenvalue weighted by Gasteiger charge is -2.46. The third kappa shape index (κ3) is 2.61. The third-order valence-corrected chi connectivity index (χ3v) is 6.12. The first-order valence-electron chi connectivity index (χ1n) is 9.83. The van der Waals surface area contributed by atoms with Gasteiger partial charge >= 0.3 is 0 Å². The second kappa shape index (κ2) is 6.51. The van der Waals surface area contributed by atoms with Crippen LogP contribution in [-0.2, 0) is 22.4 Å². The number of aryl methyl sites for hydroxylation is 1. The van der Waals surface area contributed by atoms with Crippen LogP contribution in [0.15, 0.2) is 54.6 Å². The van der Waals surface area contributed by atoms with Gasteiger partial charge in [-0.25, -0.2) is 0 Å². The number of piperazine rings is 1. The van der Waals surface area contributed by atoms with Gasteiger partial charge in [-0.15, -0.1) is 0 Å². The molecule has 2 atom stereocenters. The molecule has 2 aromatic carbocycles. The quantitative estimate of drug-likeness (QED) is 0.767. The zero-order valence-electron chi connectivity index (χ0n) is 15.9. The third-order valence-electron chi connectivity index (χ3n) is 6.12. The Hall–Kier alpha value is -3.08. The number of likely N-dealkylation sites (N-methyl/N-ethyl adjacent to an activating group) is 1. The predicted octanol–water partition coefficient (Wildman–Crippen LogP) is 3.07. The van der Waals surface area contributed by atoms with Gasteiger partial charge in [0.05, 0.1) is 12.6 Å². The molecule has 2 aliphatic rings. The van der Waals surface area contributed by atoms with Crippen LogP contribution in [0.1, 0.15) is 29.3 Å². The zero-order chi connectivity index (χ0) is 19.3. The number of aromatic amines is 1. The van der Waals surface area contributed by atoms with E-state index < -0.39 is 6.04 Å². The standard InChI is InChI=1S/C23H23N3O2/c1-25-14-21(27)26-19(12-11-15-7-3-2-4-8-15)22-17(13-20(26)23(25)28)16-9-5-6-10-18(16)24-22/h2-10,19-20,24H,11-14H2,1H3/t19?,20-/m1/s1. The fourth-order valence-electron chi connectivity index (χ4n) is 4.78. The Kier molecular flexibility index (Phi) is 3.97. The summed E-state index contributed by atoms with van der Waals surface area (Å²) in [5, 5.41) is 1.16. The van der Waals surface area contributed by atoms with Crippen molar-refractivity contribution in [2.24, 2.45) is 0 Å². The predicted molar refractivity (Wildman–Crippen MR) is 108 cm³/mol. The average Bonchev–Trinajstić information content (AvgIpc) is 3.09. The fourth-order valence-corrected chi connectivity index (χ4v) is 4.78. The number of rotatable bonds is 3. The van der Waals surface area contributed by atoms with Crippen LogP contribution in [0.25, 0.3) is 10.9 Å². The Labute approximate surface area is 163 Å². The van der Waals surface area contributed by atoms with Crippen molar-refractivity contribution in [1.29, 1.82) is 0 Å². The summed E-state index contributed by atoms with van der Waals surface area (Å²) in [6.07, 6.45) is 2.24. The largest absolute Gasteiger partial charge is 0.356 e. The molecule has 0 bridgehead atoms. The lowest BCUT2D eigenvalue weighted by Crippen LogP contribution is -2.61. The summed E-state index contributed by atoms with van der Waals surface area (Å²) < 4.78 is 0. The monoisotopic (exact) mass is 373 g/mol. The molecule has 5 nitrogen and oxygen atoms in total. The molecule has 142 valence electrons. The van der Waals surface area contributed by atoms with E-state index in [2.05, 4.69) is 29.2 Å². The highest BCUT2D eigenvalue weighted by Gasteiger charge is 2.46. The highest BCUT2D eigenvalue weighted by atomic mass is 16.2. The SMILES string of the molecule is CN1CC(=O)N2C(CCc3ccccc3)c3[nH]c4ccccc4c3C[C@@H]2C1=O. The molecule has 0 aliphatic carbocycles. The number of fused-ring (bicyclic) bond motifs is 4. The molecule has 5 rings (SSSR count). The Bertz CT molecular complexity index is 1060. The normalized spacial score (nSPS) is 21.8. The number of para-hydroxylation sites is 1. The summed E-state index contributed by atoms with van der Waals surface area (Å²) in [4.78, 5) is 32.8. The van der Waals surface area contributed by atoms with Gasteiger partial charge in [0.15, 0.2) is 0 Å². The summed E-state index contributed by atoms with van der Waals surface area (Å²) in [7, 11) is 1.72. The number of amides is 2. The first kappa shape index (κ1) is 17.0. The molecule has 5 heteroatoms. The van der Waals surface area contributed by atoms with Crippen LogP contribution in [0, 0.1) is 0 Å². The molecule has 2 aliphatic heterocycles. The Morgan fingerprint density at radius 2 is 1.79 bits per heavy atom. The number of aromatic nitrogens is 1. The van der Waals surface area contributed by atoms with Crippen molar-refractivity contribution in [3.05, 3.63) is 71.4 Å². The Morgan fingerprint density at radius 1 is 1.04 bits per heavy atom. The van der Waals surface area contributed by atoms with Crippen LogP contribution in [0.4, 0.5) is 0 Å². The lowest BCUT2D eigenvalue weighted by molar-refractivity contribution is -0.158. The maximum atomic E-state index is 12.9. The van der Waals surface area contributed by atoms with Crippen molar-refractivity contribution < 1.29 is 9.59 Å². The molecule has 3 aromatic rings. The summed E-state index contributed by atoms with van der Waals surface area (Å²) in [6, 6.07) is 18.0. The van der Waals surface area contributed by atoms with Gasteiger partial charge in [-0.2, -0.15) is 0 Å². The van der Waals surface area contributed by atoms with Crippen molar-refractivity contribution >= 4 is 22.7 Å². The minimum Gasteiger partial charge on any atom is -0.356 e. The summed E-state index contributed by atoms with van der Waals surface area (Å²) in [5.74, 6) is 0.0784. The van der Waals surface area contributed by atoms with Gasteiger partial charge in [-0.3, -0.25) is 9.59 Å². The van der Waals surface area contributed by atoms with E-state index in [9.17, 15) is 9.59 Å². The fraction of sp³-hybridized carbons (Fsp3) is 0.304. The van der Waals surface area contributed by atoms with E-state index >= 15 is 0 Å². The van der Waals surface area contributed by atoms with E-state index in [0.29, 0.717) is 6.42 Å². The maximum absolute atomic E-state index is 12.9. The number of nitrogens with zero attached hydrogens (tertiary/aromatic N) is 2. The van der Waals surface area contributed by atoms with E-state index in [-0.39, 0.29) is 24.4 Å². The van der Waals surface area contributed by atoms with Crippen molar-refractivity contribution in [3.8, 4) is 0 Å². The lowest BCUT2D eigenvalue weighted by atomic mass is 9.87. The number of carbonyl (C=O) groups excluding carboxylic acids is 2. The zero-order valence-corrected chi connectivity index (χ0v) is 15.9. The van der Waals surface area contributed by atoms with Gasteiger partial charge in [0, 0.05) is 30.1 Å². The van der Waals surface area contributed by atoms with E-state index in [4.69, 9.17) is 0 Å². The molecule has 0 radical (unpaired) electrons. The van der Waals surface area contributed by atoms with Gasteiger partial charge in [0.1, 0.15) is 6.04 Å². The molecular weight excluding hydrogens is 350 g/mol. The molecule has 1 N–H and O–H groups in total. The molecule has 0 spiro atoms. The van der Waals surface area contributed by atoms with Crippen LogP contribution in [0.3, 0.4) is 0 Å². The first-order valence-corrected chi connectivity index (χ1v) is 9.83. The highest BCUT2D eigenvalue weighted by Crippen LogP contribution is 2.41. The molecule has 2 amide bonds. The van der Waals surface area contributed by atoms with Crippen LogP contribution in [0.2, 0.25) is 0 Å². The number of H-pyrrole nitrogens is 1. The molecule has 0 saturated carbocycles. The van der Waals surface area contributed by atoms with E-state index in [1.165, 1.54) is 11.1 Å². The van der Waals surface area contributed by atoms with Crippen LogP contribution < -0.4 is 0 Å². The summed E-state index contributed by atoms with van der Waals surface area (Å²) in [6.45, 7) is 0.159. The number of hydrogen-bond donors (Lipinski definition) is 1. The smallest absolute Gasteiger partial charge is 0.245 e. The minimum absolute atomic E-state index is 0.0365. The molecule has 1 saturated heterocycles. The summed E-state index contributed by atoms with van der Waals surface area (Å²) in [5.41, 5.74) is 4.60. The maximum Gasteiger partial charge on any atom is 0.245 e. The minimum atomic E-state index is -0.404. The number of carbonyl (C=O) groups is 2. The van der Waals surface area contributed by atoms with Gasteiger partial charge in [0.2, 0.25) is 11.8 Å². The van der Waals surface area contributed by atoms with Crippen molar-refractivity contribution in [3.63, 3.8) is 0 Å². The molecule has 1 unspecified atom stereocenters. The summed E-state index contributed by atoms with van der Waals surface area (Å²) >= 11 is 0. The van der Waals surface area contributed by atoms with Crippen LogP contribution in [0.5, 0.6) is 0 Å². The number of benzene rings is 2. The van der Waals surface area contributed by atoms with Gasteiger partial charge in [-0.05, 0) is 30.0 Å². The molecular formula is C23H23N3O2. The molecule has 3 heterocycles. The number of hydrogen-bond acceptors (Lipinski definition) is 2. The molecule has 1 aromatic heterocycles. The second-order valence-electron chi connectivity index (χ2n) is 7.82. The van der Waals surface area contributed by atoms with Gasteiger partial charge in [0.25, 0.3) is 0 Å². The van der Waals surface area contributed by atoms with Gasteiger partial charge < -0.3 is 14.8 Å². The van der Waals surface area contributed by atoms with E-state index in [1.807, 2.05) is 35.2 Å². The van der Waals surface area contributed by atoms with Crippen molar-refractivity contribution in [2.45, 2.75) is 31.3 Å². The molecule has 1 fully saturated rings. The van der Waals surface area contributed by atoms with Gasteiger partial charge in [-0.1, -0.05) is 48.5 Å². The van der Waals surface area contributed by atoms with E-state index in [1.54, 1.807) is 11.9 Å². The van der Waals surface area contributed by atoms with Crippen molar-refractivity contribution in [2.75, 3.05) is 13.6 Å². The number of nitrogens with one attached hydrogen (secondary N) is 1. The Balaban J connectivity index is 1.59.